The van der Waals surface area contributed by atoms with Crippen molar-refractivity contribution in [2.24, 2.45) is 0 Å². The summed E-state index contributed by atoms with van der Waals surface area (Å²) in [5.74, 6) is 1.16. The summed E-state index contributed by atoms with van der Waals surface area (Å²) in [6.45, 7) is 3.36. The van der Waals surface area contributed by atoms with Crippen molar-refractivity contribution in [1.29, 1.82) is 0 Å². The molecule has 1 aromatic heterocycles. The average Bonchev–Trinajstić information content (AvgIpc) is 2.62. The van der Waals surface area contributed by atoms with Crippen LogP contribution in [0.5, 0.6) is 0 Å². The minimum Gasteiger partial charge on any atom is -0.392 e. The van der Waals surface area contributed by atoms with E-state index in [2.05, 4.69) is 16.0 Å². The van der Waals surface area contributed by atoms with Crippen LogP contribution in [0.2, 0.25) is 0 Å². The minimum atomic E-state index is -0.0487. The van der Waals surface area contributed by atoms with E-state index in [0.717, 1.165) is 49.3 Å². The molecule has 24 heavy (non-hydrogen) atoms. The Morgan fingerprint density at radius 1 is 1.38 bits per heavy atom. The first-order valence-corrected chi connectivity index (χ1v) is 9.06. The van der Waals surface area contributed by atoms with E-state index in [1.54, 1.807) is 6.20 Å². The van der Waals surface area contributed by atoms with Gasteiger partial charge in [0.05, 0.1) is 12.3 Å². The van der Waals surface area contributed by atoms with Gasteiger partial charge in [0.25, 0.3) is 0 Å². The van der Waals surface area contributed by atoms with Crippen molar-refractivity contribution in [3.8, 4) is 0 Å². The Balaban J connectivity index is 1.69. The van der Waals surface area contributed by atoms with Crippen LogP contribution in [0.1, 0.15) is 67.9 Å². The summed E-state index contributed by atoms with van der Waals surface area (Å²) in [5, 5.41) is 9.56. The third kappa shape index (κ3) is 4.01. The molecule has 5 heteroatoms. The molecule has 130 valence electrons. The number of hydrogen-bond acceptors (Lipinski definition) is 4. The lowest BCUT2D eigenvalue weighted by Gasteiger charge is -2.33. The lowest BCUT2D eigenvalue weighted by Crippen LogP contribution is -2.39. The van der Waals surface area contributed by atoms with E-state index in [4.69, 9.17) is 0 Å². The van der Waals surface area contributed by atoms with Gasteiger partial charge in [0.1, 0.15) is 5.82 Å². The van der Waals surface area contributed by atoms with Crippen molar-refractivity contribution >= 4 is 5.91 Å². The van der Waals surface area contributed by atoms with E-state index in [1.165, 1.54) is 18.4 Å². The number of piperidine rings is 1. The predicted molar refractivity (Wildman–Crippen MR) is 92.4 cm³/mol. The molecule has 1 aromatic rings. The van der Waals surface area contributed by atoms with Gasteiger partial charge in [-0.2, -0.15) is 0 Å². The fourth-order valence-corrected chi connectivity index (χ4v) is 3.79. The summed E-state index contributed by atoms with van der Waals surface area (Å²) in [6, 6.07) is 0. The van der Waals surface area contributed by atoms with Crippen LogP contribution in [0.25, 0.3) is 0 Å². The molecule has 1 amide bonds. The number of aliphatic hydroxyl groups excluding tert-OH is 1. The van der Waals surface area contributed by atoms with Gasteiger partial charge in [-0.25, -0.2) is 9.97 Å². The molecule has 2 heterocycles. The average molecular weight is 329 g/mol. The Labute approximate surface area is 143 Å². The zero-order valence-electron chi connectivity index (χ0n) is 14.5. The summed E-state index contributed by atoms with van der Waals surface area (Å²) in [6.07, 6.45) is 11.2. The molecule has 0 spiro atoms. The number of carbonyl (C=O) groups excluding carboxylic acids is 1. The van der Waals surface area contributed by atoms with Gasteiger partial charge in [-0.05, 0) is 45.4 Å². The summed E-state index contributed by atoms with van der Waals surface area (Å²) in [5.41, 5.74) is 3.01. The monoisotopic (exact) mass is 329 g/mol. The molecule has 1 aliphatic carbocycles. The van der Waals surface area contributed by atoms with Gasteiger partial charge in [0.15, 0.2) is 0 Å². The number of likely N-dealkylation sites (tertiary alicyclic amines) is 1. The SMILES string of the molecule is Cc1ncc(CO)c(C2CCCN(C(=O)CC3=CCCCC3)C2)n1. The normalized spacial score (nSPS) is 21.5. The van der Waals surface area contributed by atoms with Crippen LogP contribution < -0.4 is 0 Å². The lowest BCUT2D eigenvalue weighted by molar-refractivity contribution is -0.131. The number of carbonyl (C=O) groups is 1. The zero-order chi connectivity index (χ0) is 16.9. The van der Waals surface area contributed by atoms with E-state index in [1.807, 2.05) is 11.8 Å². The summed E-state index contributed by atoms with van der Waals surface area (Å²) in [7, 11) is 0. The third-order valence-electron chi connectivity index (χ3n) is 5.11. The maximum absolute atomic E-state index is 12.7. The highest BCUT2D eigenvalue weighted by Crippen LogP contribution is 2.29. The second-order valence-corrected chi connectivity index (χ2v) is 6.95. The van der Waals surface area contributed by atoms with Crippen LogP contribution in [0.4, 0.5) is 0 Å². The number of aryl methyl sites for hydroxylation is 1. The fraction of sp³-hybridized carbons (Fsp3) is 0.632. The molecule has 2 aliphatic rings. The number of allylic oxidation sites excluding steroid dienone is 1. The first-order valence-electron chi connectivity index (χ1n) is 9.06. The molecule has 1 aliphatic heterocycles. The van der Waals surface area contributed by atoms with E-state index in [9.17, 15) is 9.90 Å². The molecular weight excluding hydrogens is 302 g/mol. The number of aliphatic hydroxyl groups is 1. The van der Waals surface area contributed by atoms with Gasteiger partial charge in [0.2, 0.25) is 5.91 Å². The second-order valence-electron chi connectivity index (χ2n) is 6.95. The van der Waals surface area contributed by atoms with Gasteiger partial charge in [-0.3, -0.25) is 4.79 Å². The van der Waals surface area contributed by atoms with Crippen molar-refractivity contribution in [1.82, 2.24) is 14.9 Å². The molecular formula is C19H27N3O2. The highest BCUT2D eigenvalue weighted by molar-refractivity contribution is 5.79. The molecule has 0 aromatic carbocycles. The van der Waals surface area contributed by atoms with Crippen molar-refractivity contribution in [3.63, 3.8) is 0 Å². The Morgan fingerprint density at radius 3 is 3.00 bits per heavy atom. The highest BCUT2D eigenvalue weighted by Gasteiger charge is 2.27. The molecule has 1 saturated heterocycles. The smallest absolute Gasteiger partial charge is 0.226 e. The Kier molecular flexibility index (Phi) is 5.61. The number of hydrogen-bond donors (Lipinski definition) is 1. The summed E-state index contributed by atoms with van der Waals surface area (Å²) >= 11 is 0. The molecule has 5 nitrogen and oxygen atoms in total. The molecule has 1 atom stereocenters. The standard InChI is InChI=1S/C19H27N3O2/c1-14-20-11-17(13-23)19(21-14)16-8-5-9-22(12-16)18(24)10-15-6-3-2-4-7-15/h6,11,16,23H,2-5,7-10,12-13H2,1H3. The van der Waals surface area contributed by atoms with E-state index < -0.39 is 0 Å². The number of rotatable bonds is 4. The molecule has 1 unspecified atom stereocenters. The number of aromatic nitrogens is 2. The summed E-state index contributed by atoms with van der Waals surface area (Å²) in [4.78, 5) is 23.4. The maximum atomic E-state index is 12.7. The predicted octanol–water partition coefficient (Wildman–Crippen LogP) is 2.87. The topological polar surface area (TPSA) is 66.3 Å². The largest absolute Gasteiger partial charge is 0.392 e. The van der Waals surface area contributed by atoms with Crippen LogP contribution in [0, 0.1) is 6.92 Å². The van der Waals surface area contributed by atoms with Gasteiger partial charge >= 0.3 is 0 Å². The van der Waals surface area contributed by atoms with E-state index in [0.29, 0.717) is 13.0 Å². The maximum Gasteiger partial charge on any atom is 0.226 e. The molecule has 0 bridgehead atoms. The zero-order valence-corrected chi connectivity index (χ0v) is 14.5. The molecule has 0 saturated carbocycles. The number of amides is 1. The molecule has 3 rings (SSSR count). The Hall–Kier alpha value is -1.75. The van der Waals surface area contributed by atoms with Gasteiger partial charge < -0.3 is 10.0 Å². The number of nitrogens with zero attached hydrogens (tertiary/aromatic N) is 3. The van der Waals surface area contributed by atoms with E-state index in [-0.39, 0.29) is 18.4 Å². The first-order chi connectivity index (χ1) is 11.7. The molecule has 0 radical (unpaired) electrons. The quantitative estimate of drug-likeness (QED) is 0.863. The minimum absolute atomic E-state index is 0.0487. The van der Waals surface area contributed by atoms with Crippen LogP contribution in [-0.2, 0) is 11.4 Å². The summed E-state index contributed by atoms with van der Waals surface area (Å²) < 4.78 is 0. The van der Waals surface area contributed by atoms with Gasteiger partial charge in [-0.1, -0.05) is 11.6 Å². The van der Waals surface area contributed by atoms with Crippen molar-refractivity contribution in [2.45, 2.75) is 64.4 Å². The lowest BCUT2D eigenvalue weighted by atomic mass is 9.91. The Morgan fingerprint density at radius 2 is 2.25 bits per heavy atom. The van der Waals surface area contributed by atoms with Crippen LogP contribution >= 0.6 is 0 Å². The van der Waals surface area contributed by atoms with Crippen molar-refractivity contribution in [3.05, 3.63) is 34.9 Å². The molecule has 1 fully saturated rings. The Bertz CT molecular complexity index is 627. The fourth-order valence-electron chi connectivity index (χ4n) is 3.79. The van der Waals surface area contributed by atoms with Crippen LogP contribution in [0.3, 0.4) is 0 Å². The van der Waals surface area contributed by atoms with Crippen LogP contribution in [0.15, 0.2) is 17.8 Å². The van der Waals surface area contributed by atoms with Crippen LogP contribution in [-0.4, -0.2) is 39.0 Å². The second kappa shape index (κ2) is 7.88. The van der Waals surface area contributed by atoms with Gasteiger partial charge in [0, 0.05) is 37.2 Å². The van der Waals surface area contributed by atoms with Gasteiger partial charge in [-0.15, -0.1) is 0 Å². The first kappa shape index (κ1) is 17.1. The highest BCUT2D eigenvalue weighted by atomic mass is 16.3. The van der Waals surface area contributed by atoms with Crippen molar-refractivity contribution in [2.75, 3.05) is 13.1 Å². The third-order valence-corrected chi connectivity index (χ3v) is 5.11. The van der Waals surface area contributed by atoms with Crippen molar-refractivity contribution < 1.29 is 9.90 Å². The molecule has 1 N–H and O–H groups in total. The van der Waals surface area contributed by atoms with E-state index >= 15 is 0 Å².